The summed E-state index contributed by atoms with van der Waals surface area (Å²) in [5, 5.41) is 16.8. The average molecular weight is 445 g/mol. The molecule has 1 fully saturated rings. The Morgan fingerprint density at radius 3 is 2.31 bits per heavy atom. The number of pyridine rings is 1. The molecule has 0 atom stereocenters. The predicted molar refractivity (Wildman–Crippen MR) is 123 cm³/mol. The van der Waals surface area contributed by atoms with Gasteiger partial charge in [0.1, 0.15) is 0 Å². The zero-order valence-electron chi connectivity index (χ0n) is 18.3. The third-order valence-corrected chi connectivity index (χ3v) is 5.23. The van der Waals surface area contributed by atoms with Gasteiger partial charge in [0.15, 0.2) is 0 Å². The maximum Gasteiger partial charge on any atom is 0.290 e. The number of nitrogens with one attached hydrogen (secondary N) is 1. The molecule has 0 saturated heterocycles. The Hall–Kier alpha value is -3.46. The maximum atomic E-state index is 12.3. The Morgan fingerprint density at radius 1 is 1.16 bits per heavy atom. The summed E-state index contributed by atoms with van der Waals surface area (Å²) in [6, 6.07) is 10.0. The van der Waals surface area contributed by atoms with Crippen LogP contribution in [0.15, 0.2) is 42.7 Å². The summed E-state index contributed by atoms with van der Waals surface area (Å²) in [6.45, 7) is 1.23. The highest BCUT2D eigenvalue weighted by Crippen LogP contribution is 2.24. The van der Waals surface area contributed by atoms with Gasteiger partial charge in [0, 0.05) is 41.8 Å². The smallest absolute Gasteiger partial charge is 0.290 e. The molecule has 0 unspecified atom stereocenters. The maximum absolute atomic E-state index is 12.3. The van der Waals surface area contributed by atoms with Crippen LogP contribution in [0.5, 0.6) is 0 Å². The second-order valence-electron chi connectivity index (χ2n) is 7.28. The highest BCUT2D eigenvalue weighted by Gasteiger charge is 2.18. The van der Waals surface area contributed by atoms with Gasteiger partial charge in [0.05, 0.1) is 0 Å². The average Bonchev–Trinajstić information content (AvgIpc) is 3.33. The lowest BCUT2D eigenvalue weighted by Gasteiger charge is -2.23. The van der Waals surface area contributed by atoms with E-state index in [1.165, 1.54) is 25.7 Å². The molecule has 174 valence electrons. The van der Waals surface area contributed by atoms with E-state index in [9.17, 15) is 4.79 Å². The summed E-state index contributed by atoms with van der Waals surface area (Å²) in [6.07, 6.45) is 9.73. The summed E-state index contributed by atoms with van der Waals surface area (Å²) < 4.78 is 0. The number of amides is 1. The SMILES string of the molecule is CN(CCCNC(=O)c1ccc(-c2cnccc2N)cc1)C1CCCC1.O=CO.O=CO. The van der Waals surface area contributed by atoms with Crippen LogP contribution in [0.4, 0.5) is 5.69 Å². The van der Waals surface area contributed by atoms with Crippen LogP contribution >= 0.6 is 0 Å². The molecule has 1 aromatic heterocycles. The van der Waals surface area contributed by atoms with E-state index >= 15 is 0 Å². The van der Waals surface area contributed by atoms with Crippen LogP contribution < -0.4 is 11.1 Å². The summed E-state index contributed by atoms with van der Waals surface area (Å²) >= 11 is 0. The third kappa shape index (κ3) is 9.13. The minimum Gasteiger partial charge on any atom is -0.483 e. The quantitative estimate of drug-likeness (QED) is 0.377. The molecule has 0 radical (unpaired) electrons. The van der Waals surface area contributed by atoms with E-state index in [1.54, 1.807) is 18.5 Å². The summed E-state index contributed by atoms with van der Waals surface area (Å²) in [7, 11) is 2.20. The van der Waals surface area contributed by atoms with Crippen molar-refractivity contribution in [1.29, 1.82) is 0 Å². The normalized spacial score (nSPS) is 12.7. The molecule has 0 aliphatic heterocycles. The number of carbonyl (C=O) groups excluding carboxylic acids is 1. The Morgan fingerprint density at radius 2 is 1.75 bits per heavy atom. The monoisotopic (exact) mass is 444 g/mol. The van der Waals surface area contributed by atoms with Gasteiger partial charge < -0.3 is 26.2 Å². The van der Waals surface area contributed by atoms with Crippen molar-refractivity contribution in [3.05, 3.63) is 48.3 Å². The van der Waals surface area contributed by atoms with Crippen molar-refractivity contribution >= 4 is 24.5 Å². The number of carboxylic acid groups (broad SMARTS) is 2. The number of benzene rings is 1. The number of carbonyl (C=O) groups is 3. The van der Waals surface area contributed by atoms with Gasteiger partial charge in [0.25, 0.3) is 18.9 Å². The Labute approximate surface area is 188 Å². The van der Waals surface area contributed by atoms with E-state index in [0.717, 1.165) is 30.1 Å². The minimum atomic E-state index is -0.250. The number of rotatable bonds is 7. The molecule has 0 spiro atoms. The van der Waals surface area contributed by atoms with Crippen LogP contribution in [0.2, 0.25) is 0 Å². The van der Waals surface area contributed by atoms with Crippen LogP contribution in [0, 0.1) is 0 Å². The lowest BCUT2D eigenvalue weighted by molar-refractivity contribution is -0.123. The zero-order valence-corrected chi connectivity index (χ0v) is 18.3. The van der Waals surface area contributed by atoms with E-state index in [2.05, 4.69) is 22.2 Å². The highest BCUT2D eigenvalue weighted by atomic mass is 16.3. The van der Waals surface area contributed by atoms with Crippen molar-refractivity contribution < 1.29 is 24.6 Å². The van der Waals surface area contributed by atoms with E-state index in [1.807, 2.05) is 24.3 Å². The van der Waals surface area contributed by atoms with Crippen molar-refractivity contribution in [2.45, 2.75) is 38.1 Å². The van der Waals surface area contributed by atoms with Gasteiger partial charge in [-0.15, -0.1) is 0 Å². The lowest BCUT2D eigenvalue weighted by Crippen LogP contribution is -2.33. The molecule has 9 heteroatoms. The zero-order chi connectivity index (χ0) is 23.8. The molecule has 3 rings (SSSR count). The predicted octanol–water partition coefficient (Wildman–Crippen LogP) is 2.73. The topological polar surface area (TPSA) is 146 Å². The molecule has 1 heterocycles. The number of hydrogen-bond donors (Lipinski definition) is 4. The van der Waals surface area contributed by atoms with Gasteiger partial charge in [-0.05, 0) is 56.6 Å². The molecule has 5 N–H and O–H groups in total. The van der Waals surface area contributed by atoms with Crippen molar-refractivity contribution in [1.82, 2.24) is 15.2 Å². The fraction of sp³-hybridized carbons (Fsp3) is 0.391. The Bertz CT molecular complexity index is 817. The fourth-order valence-corrected chi connectivity index (χ4v) is 3.61. The molecule has 2 aromatic rings. The van der Waals surface area contributed by atoms with E-state index < -0.39 is 0 Å². The molecule has 9 nitrogen and oxygen atoms in total. The van der Waals surface area contributed by atoms with Gasteiger partial charge in [0.2, 0.25) is 0 Å². The van der Waals surface area contributed by atoms with Gasteiger partial charge in [-0.25, -0.2) is 0 Å². The number of aromatic nitrogens is 1. The fourth-order valence-electron chi connectivity index (χ4n) is 3.61. The van der Waals surface area contributed by atoms with Crippen LogP contribution in [-0.2, 0) is 9.59 Å². The van der Waals surface area contributed by atoms with Gasteiger partial charge in [-0.1, -0.05) is 25.0 Å². The number of nitrogens with zero attached hydrogens (tertiary/aromatic N) is 2. The standard InChI is InChI=1S/C21H28N4O.2CH2O2/c1-25(18-5-2-3-6-18)14-4-12-24-21(26)17-9-7-16(8-10-17)19-15-23-13-11-20(19)22;2*2-1-3/h7-11,13,15,18H,2-6,12,14H2,1H3,(H2,22,23)(H,24,26);2*1H,(H,2,3). The van der Waals surface area contributed by atoms with Crippen molar-refractivity contribution in [3.8, 4) is 11.1 Å². The third-order valence-electron chi connectivity index (χ3n) is 5.23. The molecular formula is C23H32N4O5. The molecular weight excluding hydrogens is 412 g/mol. The molecule has 1 saturated carbocycles. The van der Waals surface area contributed by atoms with Crippen molar-refractivity contribution in [2.75, 3.05) is 25.9 Å². The van der Waals surface area contributed by atoms with Gasteiger partial charge in [-0.2, -0.15) is 0 Å². The first-order valence-electron chi connectivity index (χ1n) is 10.4. The molecule has 1 aliphatic carbocycles. The number of nitrogen functional groups attached to an aromatic ring is 1. The summed E-state index contributed by atoms with van der Waals surface area (Å²) in [5.41, 5.74) is 9.18. The largest absolute Gasteiger partial charge is 0.483 e. The molecule has 32 heavy (non-hydrogen) atoms. The summed E-state index contributed by atoms with van der Waals surface area (Å²) in [5.74, 6) is -0.0285. The first-order valence-corrected chi connectivity index (χ1v) is 10.4. The van der Waals surface area contributed by atoms with Crippen LogP contribution in [0.3, 0.4) is 0 Å². The highest BCUT2D eigenvalue weighted by molar-refractivity contribution is 5.94. The van der Waals surface area contributed by atoms with E-state index in [-0.39, 0.29) is 18.9 Å². The Kier molecular flexibility index (Phi) is 12.8. The van der Waals surface area contributed by atoms with Crippen LogP contribution in [0.1, 0.15) is 42.5 Å². The second kappa shape index (κ2) is 15.4. The molecule has 1 aliphatic rings. The second-order valence-corrected chi connectivity index (χ2v) is 7.28. The molecule has 1 amide bonds. The van der Waals surface area contributed by atoms with Crippen LogP contribution in [0.25, 0.3) is 11.1 Å². The minimum absolute atomic E-state index is 0.0285. The van der Waals surface area contributed by atoms with Gasteiger partial charge in [-0.3, -0.25) is 19.4 Å². The first-order chi connectivity index (χ1) is 15.5. The Balaban J connectivity index is 0.000000769. The molecule has 0 bridgehead atoms. The van der Waals surface area contributed by atoms with E-state index in [0.29, 0.717) is 17.8 Å². The lowest BCUT2D eigenvalue weighted by atomic mass is 10.0. The van der Waals surface area contributed by atoms with Crippen LogP contribution in [-0.4, -0.2) is 65.1 Å². The first kappa shape index (κ1) is 26.6. The number of anilines is 1. The van der Waals surface area contributed by atoms with Crippen molar-refractivity contribution in [2.24, 2.45) is 0 Å². The molecule has 1 aromatic carbocycles. The number of nitrogens with two attached hydrogens (primary N) is 1. The van der Waals surface area contributed by atoms with Crippen molar-refractivity contribution in [3.63, 3.8) is 0 Å². The van der Waals surface area contributed by atoms with E-state index in [4.69, 9.17) is 25.5 Å². The number of hydrogen-bond acceptors (Lipinski definition) is 6. The van der Waals surface area contributed by atoms with Gasteiger partial charge >= 0.3 is 0 Å². The summed E-state index contributed by atoms with van der Waals surface area (Å²) in [4.78, 5) is 35.6.